The molecule has 0 aliphatic carbocycles. The zero-order valence-electron chi connectivity index (χ0n) is 10.6. The van der Waals surface area contributed by atoms with Gasteiger partial charge in [-0.15, -0.1) is 0 Å². The van der Waals surface area contributed by atoms with Crippen molar-refractivity contribution >= 4 is 5.78 Å². The van der Waals surface area contributed by atoms with Crippen molar-refractivity contribution in [2.75, 3.05) is 26.3 Å². The second-order valence-electron chi connectivity index (χ2n) is 4.89. The third-order valence-corrected chi connectivity index (χ3v) is 3.62. The molecule has 0 amide bonds. The van der Waals surface area contributed by atoms with Crippen LogP contribution >= 0.6 is 0 Å². The molecule has 2 nitrogen and oxygen atoms in total. The first-order valence-corrected chi connectivity index (χ1v) is 6.69. The summed E-state index contributed by atoms with van der Waals surface area (Å²) in [6, 6.07) is 9.51. The van der Waals surface area contributed by atoms with Gasteiger partial charge in [0.25, 0.3) is 0 Å². The predicted octanol–water partition coefficient (Wildman–Crippen LogP) is 2.94. The minimum atomic E-state index is -0.247. The van der Waals surface area contributed by atoms with Crippen LogP contribution in [0.25, 0.3) is 0 Å². The number of piperidine rings is 1. The molecule has 0 unspecified atom stereocenters. The fourth-order valence-corrected chi connectivity index (χ4v) is 2.54. The number of carbonyl (C=O) groups excluding carboxylic acids is 1. The van der Waals surface area contributed by atoms with Gasteiger partial charge in [0, 0.05) is 18.0 Å². The first-order valence-electron chi connectivity index (χ1n) is 6.69. The molecule has 1 aromatic rings. The third kappa shape index (κ3) is 3.39. The van der Waals surface area contributed by atoms with E-state index in [2.05, 4.69) is 4.90 Å². The van der Waals surface area contributed by atoms with E-state index < -0.39 is 0 Å². The Morgan fingerprint density at radius 2 is 1.89 bits per heavy atom. The monoisotopic (exact) mass is 249 g/mol. The summed E-state index contributed by atoms with van der Waals surface area (Å²) in [7, 11) is 0. The van der Waals surface area contributed by atoms with Crippen LogP contribution in [-0.2, 0) is 0 Å². The summed E-state index contributed by atoms with van der Waals surface area (Å²) in [6.07, 6.45) is 2.41. The standard InChI is InChI=1S/C15H20FNO/c16-9-4-10-17-11-7-14(8-12-17)15(18)13-5-2-1-3-6-13/h1-3,5-6,14H,4,7-12H2. The lowest BCUT2D eigenvalue weighted by Crippen LogP contribution is -2.37. The van der Waals surface area contributed by atoms with E-state index in [1.54, 1.807) is 0 Å². The van der Waals surface area contributed by atoms with Gasteiger partial charge in [-0.3, -0.25) is 9.18 Å². The van der Waals surface area contributed by atoms with Gasteiger partial charge in [0.1, 0.15) is 0 Å². The van der Waals surface area contributed by atoms with Gasteiger partial charge in [0.2, 0.25) is 0 Å². The van der Waals surface area contributed by atoms with Crippen molar-refractivity contribution in [2.45, 2.75) is 19.3 Å². The summed E-state index contributed by atoms with van der Waals surface area (Å²) in [5, 5.41) is 0. The van der Waals surface area contributed by atoms with Crippen LogP contribution < -0.4 is 0 Å². The highest BCUT2D eigenvalue weighted by Gasteiger charge is 2.25. The number of halogens is 1. The summed E-state index contributed by atoms with van der Waals surface area (Å²) >= 11 is 0. The molecule has 98 valence electrons. The van der Waals surface area contributed by atoms with Crippen molar-refractivity contribution < 1.29 is 9.18 Å². The summed E-state index contributed by atoms with van der Waals surface area (Å²) in [6.45, 7) is 2.41. The maximum Gasteiger partial charge on any atom is 0.166 e. The minimum Gasteiger partial charge on any atom is -0.303 e. The van der Waals surface area contributed by atoms with Crippen LogP contribution in [0.15, 0.2) is 30.3 Å². The Kier molecular flexibility index (Phi) is 4.88. The maximum atomic E-state index is 12.2. The molecular weight excluding hydrogens is 229 g/mol. The lowest BCUT2D eigenvalue weighted by Gasteiger charge is -2.31. The summed E-state index contributed by atoms with van der Waals surface area (Å²) in [5.41, 5.74) is 0.819. The van der Waals surface area contributed by atoms with Crippen LogP contribution in [0.2, 0.25) is 0 Å². The fourth-order valence-electron chi connectivity index (χ4n) is 2.54. The Labute approximate surface area is 108 Å². The fraction of sp³-hybridized carbons (Fsp3) is 0.533. The molecule has 1 aliphatic heterocycles. The molecule has 18 heavy (non-hydrogen) atoms. The SMILES string of the molecule is O=C(c1ccccc1)C1CCN(CCCF)CC1. The first-order chi connectivity index (χ1) is 8.81. The highest BCUT2D eigenvalue weighted by atomic mass is 19.1. The molecule has 0 saturated carbocycles. The second-order valence-corrected chi connectivity index (χ2v) is 4.89. The number of carbonyl (C=O) groups is 1. The molecule has 1 aromatic carbocycles. The largest absolute Gasteiger partial charge is 0.303 e. The van der Waals surface area contributed by atoms with Gasteiger partial charge in [0.15, 0.2) is 5.78 Å². The average molecular weight is 249 g/mol. The number of alkyl halides is 1. The lowest BCUT2D eigenvalue weighted by molar-refractivity contribution is 0.0837. The van der Waals surface area contributed by atoms with Gasteiger partial charge in [0.05, 0.1) is 6.67 Å². The van der Waals surface area contributed by atoms with E-state index in [4.69, 9.17) is 0 Å². The molecule has 0 bridgehead atoms. The number of hydrogen-bond donors (Lipinski definition) is 0. The quantitative estimate of drug-likeness (QED) is 0.748. The van der Waals surface area contributed by atoms with E-state index in [0.717, 1.165) is 38.0 Å². The summed E-state index contributed by atoms with van der Waals surface area (Å²) in [4.78, 5) is 14.5. The van der Waals surface area contributed by atoms with Gasteiger partial charge in [-0.1, -0.05) is 30.3 Å². The number of Topliss-reactive ketones (excluding diaryl/α,β-unsaturated/α-hetero) is 1. The van der Waals surface area contributed by atoms with E-state index in [1.807, 2.05) is 30.3 Å². The molecule has 0 atom stereocenters. The number of nitrogens with zero attached hydrogens (tertiary/aromatic N) is 1. The maximum absolute atomic E-state index is 12.2. The van der Waals surface area contributed by atoms with Crippen molar-refractivity contribution in [1.82, 2.24) is 4.90 Å². The number of benzene rings is 1. The average Bonchev–Trinajstić information content (AvgIpc) is 2.46. The number of hydrogen-bond acceptors (Lipinski definition) is 2. The molecule has 1 heterocycles. The highest BCUT2D eigenvalue weighted by molar-refractivity contribution is 5.97. The van der Waals surface area contributed by atoms with Crippen molar-refractivity contribution in [2.24, 2.45) is 5.92 Å². The second kappa shape index (κ2) is 6.64. The minimum absolute atomic E-state index is 0.147. The smallest absolute Gasteiger partial charge is 0.166 e. The van der Waals surface area contributed by atoms with Crippen molar-refractivity contribution in [3.05, 3.63) is 35.9 Å². The van der Waals surface area contributed by atoms with Crippen LogP contribution in [0.3, 0.4) is 0 Å². The molecule has 1 aliphatic rings. The Balaban J connectivity index is 1.84. The van der Waals surface area contributed by atoms with Gasteiger partial charge in [-0.05, 0) is 32.4 Å². The normalized spacial score (nSPS) is 17.8. The van der Waals surface area contributed by atoms with E-state index in [1.165, 1.54) is 0 Å². The number of likely N-dealkylation sites (tertiary alicyclic amines) is 1. The van der Waals surface area contributed by atoms with E-state index >= 15 is 0 Å². The van der Waals surface area contributed by atoms with E-state index in [0.29, 0.717) is 6.42 Å². The summed E-state index contributed by atoms with van der Waals surface area (Å²) in [5.74, 6) is 0.412. The van der Waals surface area contributed by atoms with E-state index in [-0.39, 0.29) is 18.4 Å². The molecule has 2 rings (SSSR count). The van der Waals surface area contributed by atoms with Crippen molar-refractivity contribution in [3.63, 3.8) is 0 Å². The van der Waals surface area contributed by atoms with Gasteiger partial charge in [-0.2, -0.15) is 0 Å². The molecule has 1 saturated heterocycles. The van der Waals surface area contributed by atoms with Crippen LogP contribution in [0.4, 0.5) is 4.39 Å². The van der Waals surface area contributed by atoms with Crippen LogP contribution in [0, 0.1) is 5.92 Å². The molecule has 0 spiro atoms. The molecule has 0 N–H and O–H groups in total. The zero-order chi connectivity index (χ0) is 12.8. The number of ketones is 1. The first kappa shape index (κ1) is 13.2. The Morgan fingerprint density at radius 3 is 2.50 bits per heavy atom. The zero-order valence-corrected chi connectivity index (χ0v) is 10.6. The highest BCUT2D eigenvalue weighted by Crippen LogP contribution is 2.21. The molecule has 0 radical (unpaired) electrons. The predicted molar refractivity (Wildman–Crippen MR) is 70.5 cm³/mol. The van der Waals surface area contributed by atoms with E-state index in [9.17, 15) is 9.18 Å². The Hall–Kier alpha value is -1.22. The molecule has 3 heteroatoms. The molecule has 1 fully saturated rings. The summed E-state index contributed by atoms with van der Waals surface area (Å²) < 4.78 is 12.1. The van der Waals surface area contributed by atoms with Crippen LogP contribution in [0.1, 0.15) is 29.6 Å². The van der Waals surface area contributed by atoms with Crippen molar-refractivity contribution in [3.8, 4) is 0 Å². The molecule has 0 aromatic heterocycles. The van der Waals surface area contributed by atoms with Gasteiger partial charge >= 0.3 is 0 Å². The topological polar surface area (TPSA) is 20.3 Å². The van der Waals surface area contributed by atoms with Crippen molar-refractivity contribution in [1.29, 1.82) is 0 Å². The van der Waals surface area contributed by atoms with Gasteiger partial charge in [-0.25, -0.2) is 0 Å². The lowest BCUT2D eigenvalue weighted by atomic mass is 9.89. The Bertz CT molecular complexity index is 371. The van der Waals surface area contributed by atoms with Crippen LogP contribution in [-0.4, -0.2) is 37.0 Å². The molecular formula is C15H20FNO. The van der Waals surface area contributed by atoms with Gasteiger partial charge < -0.3 is 4.90 Å². The number of rotatable bonds is 5. The Morgan fingerprint density at radius 1 is 1.22 bits per heavy atom. The van der Waals surface area contributed by atoms with Crippen LogP contribution in [0.5, 0.6) is 0 Å². The third-order valence-electron chi connectivity index (χ3n) is 3.62.